The lowest BCUT2D eigenvalue weighted by molar-refractivity contribution is -0.122. The Kier molecular flexibility index (Phi) is 6.69. The number of aromatic nitrogens is 3. The van der Waals surface area contributed by atoms with Gasteiger partial charge in [-0.05, 0) is 25.5 Å². The summed E-state index contributed by atoms with van der Waals surface area (Å²) in [7, 11) is 0. The number of para-hydroxylation sites is 2. The summed E-state index contributed by atoms with van der Waals surface area (Å²) in [5, 5.41) is 0.743. The molecule has 0 atom stereocenters. The molecule has 0 aliphatic rings. The summed E-state index contributed by atoms with van der Waals surface area (Å²) >= 11 is 1.27. The van der Waals surface area contributed by atoms with Crippen LogP contribution in [0.1, 0.15) is 35.1 Å². The van der Waals surface area contributed by atoms with Crippen LogP contribution in [0.5, 0.6) is 0 Å². The number of amides is 2. The lowest BCUT2D eigenvalue weighted by Crippen LogP contribution is -2.42. The molecule has 2 amide bonds. The summed E-state index contributed by atoms with van der Waals surface area (Å²) in [6, 6.07) is 17.2. The van der Waals surface area contributed by atoms with Gasteiger partial charge < -0.3 is 0 Å². The van der Waals surface area contributed by atoms with Crippen LogP contribution in [0.2, 0.25) is 0 Å². The summed E-state index contributed by atoms with van der Waals surface area (Å²) < 4.78 is 3.33. The molecule has 0 radical (unpaired) electrons. The van der Waals surface area contributed by atoms with Gasteiger partial charge in [0.2, 0.25) is 5.91 Å². The third-order valence-corrected chi connectivity index (χ3v) is 6.48. The molecular formula is C24H25N5O3S. The largest absolute Gasteiger partial charge is 0.329 e. The highest BCUT2D eigenvalue weighted by atomic mass is 32.1. The average Bonchev–Trinajstić information content (AvgIpc) is 3.35. The number of nitrogens with one attached hydrogen (secondary N) is 2. The molecule has 0 aliphatic heterocycles. The Balaban J connectivity index is 1.39. The van der Waals surface area contributed by atoms with Gasteiger partial charge in [-0.1, -0.05) is 49.4 Å². The molecular weight excluding hydrogens is 438 g/mol. The number of hydrazine groups is 1. The summed E-state index contributed by atoms with van der Waals surface area (Å²) in [4.78, 5) is 42.7. The van der Waals surface area contributed by atoms with Crippen LogP contribution in [-0.2, 0) is 17.9 Å². The molecule has 2 aromatic carbocycles. The van der Waals surface area contributed by atoms with Gasteiger partial charge in [0.1, 0.15) is 9.88 Å². The second-order valence-corrected chi connectivity index (χ2v) is 8.63. The highest BCUT2D eigenvalue weighted by Crippen LogP contribution is 2.27. The second kappa shape index (κ2) is 9.83. The molecule has 9 heteroatoms. The number of aryl methyl sites for hydroxylation is 3. The van der Waals surface area contributed by atoms with E-state index in [0.717, 1.165) is 28.0 Å². The third-order valence-electron chi connectivity index (χ3n) is 5.27. The number of hydrogen-bond acceptors (Lipinski definition) is 5. The number of carbonyl (C=O) groups is 2. The van der Waals surface area contributed by atoms with E-state index in [2.05, 4.69) is 15.8 Å². The zero-order valence-electron chi connectivity index (χ0n) is 18.5. The molecule has 33 heavy (non-hydrogen) atoms. The van der Waals surface area contributed by atoms with Gasteiger partial charge in [-0.25, -0.2) is 9.78 Å². The van der Waals surface area contributed by atoms with Crippen molar-refractivity contribution in [1.29, 1.82) is 0 Å². The molecule has 2 heterocycles. The van der Waals surface area contributed by atoms with Crippen molar-refractivity contribution >= 4 is 34.2 Å². The normalized spacial score (nSPS) is 11.0. The van der Waals surface area contributed by atoms with Gasteiger partial charge in [0.15, 0.2) is 0 Å². The van der Waals surface area contributed by atoms with Gasteiger partial charge in [-0.2, -0.15) is 0 Å². The second-order valence-electron chi connectivity index (χ2n) is 7.63. The highest BCUT2D eigenvalue weighted by Gasteiger charge is 2.17. The number of thiazole rings is 1. The van der Waals surface area contributed by atoms with Gasteiger partial charge in [0, 0.05) is 25.1 Å². The van der Waals surface area contributed by atoms with Crippen LogP contribution in [-0.4, -0.2) is 25.9 Å². The highest BCUT2D eigenvalue weighted by molar-refractivity contribution is 7.17. The Labute approximate surface area is 194 Å². The van der Waals surface area contributed by atoms with E-state index in [1.165, 1.54) is 11.3 Å². The van der Waals surface area contributed by atoms with Gasteiger partial charge in [-0.15, -0.1) is 11.3 Å². The number of fused-ring (bicyclic) bond motifs is 1. The zero-order valence-corrected chi connectivity index (χ0v) is 19.3. The van der Waals surface area contributed by atoms with Gasteiger partial charge in [0.25, 0.3) is 5.91 Å². The number of nitrogens with zero attached hydrogens (tertiary/aromatic N) is 3. The minimum Gasteiger partial charge on any atom is -0.292 e. The molecule has 0 spiro atoms. The van der Waals surface area contributed by atoms with Crippen LogP contribution < -0.4 is 16.5 Å². The lowest BCUT2D eigenvalue weighted by Gasteiger charge is -2.07. The van der Waals surface area contributed by atoms with Crippen LogP contribution in [0.25, 0.3) is 21.6 Å². The number of imidazole rings is 1. The number of benzene rings is 2. The molecule has 2 N–H and O–H groups in total. The van der Waals surface area contributed by atoms with Gasteiger partial charge >= 0.3 is 5.69 Å². The predicted octanol–water partition coefficient (Wildman–Crippen LogP) is 3.50. The molecule has 0 bridgehead atoms. The van der Waals surface area contributed by atoms with Crippen LogP contribution in [0.3, 0.4) is 0 Å². The molecule has 2 aromatic heterocycles. The van der Waals surface area contributed by atoms with Crippen LogP contribution in [0, 0.1) is 6.92 Å². The topological polar surface area (TPSA) is 98.0 Å². The minimum atomic E-state index is -0.419. The summed E-state index contributed by atoms with van der Waals surface area (Å²) in [5.74, 6) is -0.801. The fourth-order valence-corrected chi connectivity index (χ4v) is 4.67. The summed E-state index contributed by atoms with van der Waals surface area (Å²) in [6.07, 6.45) is 0.890. The fourth-order valence-electron chi connectivity index (χ4n) is 3.70. The van der Waals surface area contributed by atoms with E-state index in [1.807, 2.05) is 61.5 Å². The monoisotopic (exact) mass is 463 g/mol. The van der Waals surface area contributed by atoms with Crippen molar-refractivity contribution in [3.63, 3.8) is 0 Å². The molecule has 0 aliphatic carbocycles. The van der Waals surface area contributed by atoms with Gasteiger partial charge in [-0.3, -0.25) is 29.6 Å². The number of hydrogen-bond donors (Lipinski definition) is 2. The van der Waals surface area contributed by atoms with Crippen molar-refractivity contribution < 1.29 is 9.59 Å². The van der Waals surface area contributed by atoms with Crippen LogP contribution in [0.15, 0.2) is 59.4 Å². The smallest absolute Gasteiger partial charge is 0.292 e. The third kappa shape index (κ3) is 4.73. The maximum Gasteiger partial charge on any atom is 0.329 e. The molecule has 4 rings (SSSR count). The van der Waals surface area contributed by atoms with E-state index in [9.17, 15) is 14.4 Å². The standard InChI is InChI=1S/C24H25N5O3S/c1-3-14-28-18-11-7-8-12-19(18)29(24(28)32)15-13-20(30)26-27-22(31)21-16(2)25-23(33-21)17-9-5-4-6-10-17/h4-12H,3,13-15H2,1-2H3,(H,26,30)(H,27,31). The molecule has 0 fully saturated rings. The molecule has 0 unspecified atom stereocenters. The first-order valence-electron chi connectivity index (χ1n) is 10.8. The first-order chi connectivity index (χ1) is 16.0. The first-order valence-corrected chi connectivity index (χ1v) is 11.6. The summed E-state index contributed by atoms with van der Waals surface area (Å²) in [6.45, 7) is 4.61. The van der Waals surface area contributed by atoms with Crippen molar-refractivity contribution in [2.24, 2.45) is 0 Å². The lowest BCUT2D eigenvalue weighted by atomic mass is 10.2. The molecule has 8 nitrogen and oxygen atoms in total. The van der Waals surface area contributed by atoms with Crippen molar-refractivity contribution in [2.45, 2.75) is 39.8 Å². The SMILES string of the molecule is CCCn1c(=O)n(CCC(=O)NNC(=O)c2sc(-c3ccccc3)nc2C)c2ccccc21. The molecule has 170 valence electrons. The molecule has 0 saturated heterocycles. The first kappa shape index (κ1) is 22.5. The van der Waals surface area contributed by atoms with Crippen LogP contribution in [0.4, 0.5) is 0 Å². The number of rotatable bonds is 7. The maximum absolute atomic E-state index is 12.8. The number of carbonyl (C=O) groups excluding carboxylic acids is 2. The predicted molar refractivity (Wildman–Crippen MR) is 129 cm³/mol. The summed E-state index contributed by atoms with van der Waals surface area (Å²) in [5.41, 5.74) is 7.94. The molecule has 0 saturated carbocycles. The van der Waals surface area contributed by atoms with E-state index >= 15 is 0 Å². The average molecular weight is 464 g/mol. The van der Waals surface area contributed by atoms with E-state index in [4.69, 9.17) is 0 Å². The van der Waals surface area contributed by atoms with E-state index in [-0.39, 0.29) is 24.6 Å². The minimum absolute atomic E-state index is 0.0528. The van der Waals surface area contributed by atoms with Crippen molar-refractivity contribution in [3.8, 4) is 10.6 Å². The van der Waals surface area contributed by atoms with E-state index < -0.39 is 5.91 Å². The van der Waals surface area contributed by atoms with Gasteiger partial charge in [0.05, 0.1) is 16.7 Å². The Morgan fingerprint density at radius 2 is 1.58 bits per heavy atom. The Bertz CT molecular complexity index is 1350. The van der Waals surface area contributed by atoms with E-state index in [1.54, 1.807) is 16.1 Å². The zero-order chi connectivity index (χ0) is 23.4. The van der Waals surface area contributed by atoms with E-state index in [0.29, 0.717) is 17.1 Å². The quantitative estimate of drug-likeness (QED) is 0.410. The Morgan fingerprint density at radius 3 is 2.24 bits per heavy atom. The van der Waals surface area contributed by atoms with Crippen molar-refractivity contribution in [1.82, 2.24) is 25.0 Å². The maximum atomic E-state index is 12.8. The Morgan fingerprint density at radius 1 is 0.939 bits per heavy atom. The van der Waals surface area contributed by atoms with Crippen LogP contribution >= 0.6 is 11.3 Å². The van der Waals surface area contributed by atoms with Crippen molar-refractivity contribution in [3.05, 3.63) is 75.7 Å². The van der Waals surface area contributed by atoms with Crippen molar-refractivity contribution in [2.75, 3.05) is 0 Å². The fraction of sp³-hybridized carbons (Fsp3) is 0.250. The molecule has 4 aromatic rings. The Hall–Kier alpha value is -3.72.